The molecule has 0 unspecified atom stereocenters. The summed E-state index contributed by atoms with van der Waals surface area (Å²) in [4.78, 5) is 14.6. The molecule has 3 aromatic rings. The van der Waals surface area contributed by atoms with Crippen molar-refractivity contribution in [3.05, 3.63) is 48.4 Å². The Morgan fingerprint density at radius 3 is 3.09 bits per heavy atom. The van der Waals surface area contributed by atoms with Crippen LogP contribution >= 0.6 is 0 Å². The molecule has 2 aromatic heterocycles. The monoisotopic (exact) mass is 309 g/mol. The van der Waals surface area contributed by atoms with Gasteiger partial charge >= 0.3 is 0 Å². The molecule has 4 rings (SSSR count). The number of H-pyrrole nitrogens is 1. The van der Waals surface area contributed by atoms with E-state index in [4.69, 9.17) is 0 Å². The number of carbonyl (C=O) groups is 1. The summed E-state index contributed by atoms with van der Waals surface area (Å²) in [5.74, 6) is 0.149. The van der Waals surface area contributed by atoms with E-state index in [1.165, 1.54) is 0 Å². The van der Waals surface area contributed by atoms with Crippen molar-refractivity contribution >= 4 is 16.8 Å². The highest BCUT2D eigenvalue weighted by Gasteiger charge is 2.25. The van der Waals surface area contributed by atoms with Gasteiger partial charge in [0.1, 0.15) is 0 Å². The number of nitrogens with zero attached hydrogens (tertiary/aromatic N) is 4. The zero-order valence-electron chi connectivity index (χ0n) is 12.9. The first-order valence-corrected chi connectivity index (χ1v) is 8.00. The molecule has 3 heterocycles. The average molecular weight is 309 g/mol. The Kier molecular flexibility index (Phi) is 3.57. The Hall–Kier alpha value is -2.63. The van der Waals surface area contributed by atoms with Crippen LogP contribution in [-0.2, 0) is 11.2 Å². The van der Waals surface area contributed by atoms with Crippen molar-refractivity contribution in [1.29, 1.82) is 0 Å². The molecule has 1 N–H and O–H groups in total. The summed E-state index contributed by atoms with van der Waals surface area (Å²) in [5, 5.41) is 12.6. The smallest absolute Gasteiger partial charge is 0.228 e. The van der Waals surface area contributed by atoms with E-state index < -0.39 is 0 Å². The fourth-order valence-corrected chi connectivity index (χ4v) is 3.31. The molecule has 23 heavy (non-hydrogen) atoms. The van der Waals surface area contributed by atoms with Gasteiger partial charge in [-0.25, -0.2) is 0 Å². The molecule has 1 aromatic carbocycles. The van der Waals surface area contributed by atoms with Crippen molar-refractivity contribution < 1.29 is 4.79 Å². The van der Waals surface area contributed by atoms with Crippen LogP contribution in [0.3, 0.4) is 0 Å². The molecular weight excluding hydrogens is 290 g/mol. The largest absolute Gasteiger partial charge is 0.340 e. The van der Waals surface area contributed by atoms with E-state index in [2.05, 4.69) is 15.3 Å². The number of aromatic amines is 1. The fourth-order valence-electron chi connectivity index (χ4n) is 3.31. The summed E-state index contributed by atoms with van der Waals surface area (Å²) in [7, 11) is 0. The van der Waals surface area contributed by atoms with Crippen molar-refractivity contribution in [2.45, 2.75) is 25.3 Å². The van der Waals surface area contributed by atoms with Gasteiger partial charge in [-0.05, 0) is 25.0 Å². The summed E-state index contributed by atoms with van der Waals surface area (Å²) in [6.45, 7) is 1.55. The normalized spacial score (nSPS) is 18.4. The van der Waals surface area contributed by atoms with Gasteiger partial charge < -0.3 is 4.90 Å². The number of amides is 1. The van der Waals surface area contributed by atoms with Crippen LogP contribution in [0.5, 0.6) is 0 Å². The second-order valence-electron chi connectivity index (χ2n) is 6.02. The molecule has 0 aliphatic carbocycles. The first-order valence-electron chi connectivity index (χ1n) is 8.00. The lowest BCUT2D eigenvalue weighted by Gasteiger charge is -2.32. The minimum absolute atomic E-state index is 0.149. The zero-order valence-corrected chi connectivity index (χ0v) is 12.9. The molecule has 1 fully saturated rings. The SMILES string of the molecule is O=C(Cc1[nH]nc2ccccc12)N1CCC[C@H](n2cccn2)C1. The van der Waals surface area contributed by atoms with Crippen LogP contribution in [0.1, 0.15) is 24.6 Å². The van der Waals surface area contributed by atoms with Crippen LogP contribution in [0.2, 0.25) is 0 Å². The number of rotatable bonds is 3. The van der Waals surface area contributed by atoms with Gasteiger partial charge in [-0.3, -0.25) is 14.6 Å². The van der Waals surface area contributed by atoms with E-state index in [-0.39, 0.29) is 11.9 Å². The summed E-state index contributed by atoms with van der Waals surface area (Å²) < 4.78 is 1.96. The standard InChI is InChI=1S/C17H19N5O/c23-17(11-16-14-6-1-2-7-15(14)19-20-16)21-9-3-5-13(12-21)22-10-4-8-18-22/h1-2,4,6-8,10,13H,3,5,9,11-12H2,(H,19,20)/t13-/m0/s1. The maximum absolute atomic E-state index is 12.7. The lowest BCUT2D eigenvalue weighted by molar-refractivity contribution is -0.132. The van der Waals surface area contributed by atoms with Crippen LogP contribution in [0.25, 0.3) is 10.9 Å². The molecule has 1 atom stereocenters. The van der Waals surface area contributed by atoms with E-state index in [1.54, 1.807) is 6.20 Å². The zero-order chi connectivity index (χ0) is 15.6. The minimum Gasteiger partial charge on any atom is -0.340 e. The molecule has 6 heteroatoms. The lowest BCUT2D eigenvalue weighted by atomic mass is 10.0. The van der Waals surface area contributed by atoms with Gasteiger partial charge in [-0.15, -0.1) is 0 Å². The maximum Gasteiger partial charge on any atom is 0.228 e. The van der Waals surface area contributed by atoms with Crippen LogP contribution < -0.4 is 0 Å². The molecule has 1 aliphatic heterocycles. The lowest BCUT2D eigenvalue weighted by Crippen LogP contribution is -2.41. The minimum atomic E-state index is 0.149. The van der Waals surface area contributed by atoms with Crippen molar-refractivity contribution in [1.82, 2.24) is 24.9 Å². The number of hydrogen-bond acceptors (Lipinski definition) is 3. The average Bonchev–Trinajstić information content (AvgIpc) is 3.25. The van der Waals surface area contributed by atoms with Gasteiger partial charge in [0.2, 0.25) is 5.91 Å². The van der Waals surface area contributed by atoms with Crippen LogP contribution in [0, 0.1) is 0 Å². The third kappa shape index (κ3) is 2.72. The van der Waals surface area contributed by atoms with E-state index >= 15 is 0 Å². The number of carbonyl (C=O) groups excluding carboxylic acids is 1. The van der Waals surface area contributed by atoms with Gasteiger partial charge in [-0.1, -0.05) is 18.2 Å². The summed E-state index contributed by atoms with van der Waals surface area (Å²) in [5.41, 5.74) is 1.80. The van der Waals surface area contributed by atoms with Gasteiger partial charge in [0.05, 0.1) is 23.7 Å². The molecule has 1 aliphatic rings. The second kappa shape index (κ2) is 5.87. The van der Waals surface area contributed by atoms with Gasteiger partial charge in [0, 0.05) is 30.9 Å². The summed E-state index contributed by atoms with van der Waals surface area (Å²) in [6.07, 6.45) is 6.21. The summed E-state index contributed by atoms with van der Waals surface area (Å²) >= 11 is 0. The number of aromatic nitrogens is 4. The molecule has 1 saturated heterocycles. The molecule has 0 spiro atoms. The Morgan fingerprint density at radius 2 is 2.22 bits per heavy atom. The number of fused-ring (bicyclic) bond motifs is 1. The van der Waals surface area contributed by atoms with E-state index in [9.17, 15) is 4.79 Å². The van der Waals surface area contributed by atoms with Crippen molar-refractivity contribution in [3.63, 3.8) is 0 Å². The Labute approximate surface area is 134 Å². The molecule has 0 radical (unpaired) electrons. The fraction of sp³-hybridized carbons (Fsp3) is 0.353. The first-order chi connectivity index (χ1) is 11.3. The topological polar surface area (TPSA) is 66.8 Å². The Balaban J connectivity index is 1.48. The van der Waals surface area contributed by atoms with Crippen LogP contribution in [0.4, 0.5) is 0 Å². The second-order valence-corrected chi connectivity index (χ2v) is 6.02. The molecule has 118 valence electrons. The van der Waals surface area contributed by atoms with E-state index in [1.807, 2.05) is 46.1 Å². The number of nitrogens with one attached hydrogen (secondary N) is 1. The van der Waals surface area contributed by atoms with Gasteiger partial charge in [-0.2, -0.15) is 10.2 Å². The Morgan fingerprint density at radius 1 is 1.30 bits per heavy atom. The van der Waals surface area contributed by atoms with Crippen LogP contribution in [0.15, 0.2) is 42.7 Å². The predicted molar refractivity (Wildman–Crippen MR) is 86.9 cm³/mol. The highest BCUT2D eigenvalue weighted by molar-refractivity contribution is 5.87. The quantitative estimate of drug-likeness (QED) is 0.806. The number of hydrogen-bond donors (Lipinski definition) is 1. The molecule has 0 saturated carbocycles. The highest BCUT2D eigenvalue weighted by Crippen LogP contribution is 2.22. The van der Waals surface area contributed by atoms with Crippen molar-refractivity contribution in [2.75, 3.05) is 13.1 Å². The third-order valence-electron chi connectivity index (χ3n) is 4.52. The maximum atomic E-state index is 12.7. The number of benzene rings is 1. The van der Waals surface area contributed by atoms with Crippen LogP contribution in [-0.4, -0.2) is 43.9 Å². The molecule has 1 amide bonds. The van der Waals surface area contributed by atoms with Crippen molar-refractivity contribution in [2.24, 2.45) is 0 Å². The molecule has 0 bridgehead atoms. The third-order valence-corrected chi connectivity index (χ3v) is 4.52. The van der Waals surface area contributed by atoms with Crippen molar-refractivity contribution in [3.8, 4) is 0 Å². The molecule has 6 nitrogen and oxygen atoms in total. The number of para-hydroxylation sites is 1. The van der Waals surface area contributed by atoms with E-state index in [0.29, 0.717) is 6.42 Å². The van der Waals surface area contributed by atoms with Gasteiger partial charge in [0.25, 0.3) is 0 Å². The Bertz CT molecular complexity index is 807. The highest BCUT2D eigenvalue weighted by atomic mass is 16.2. The number of piperidine rings is 1. The van der Waals surface area contributed by atoms with Gasteiger partial charge in [0.15, 0.2) is 0 Å². The summed E-state index contributed by atoms with van der Waals surface area (Å²) in [6, 6.07) is 10.1. The molecular formula is C17H19N5O. The predicted octanol–water partition coefficient (Wildman–Crippen LogP) is 2.17. The van der Waals surface area contributed by atoms with E-state index in [0.717, 1.165) is 42.5 Å². The number of likely N-dealkylation sites (tertiary alicyclic amines) is 1. The first kappa shape index (κ1) is 14.0.